The minimum atomic E-state index is -0.398. The second-order valence-electron chi connectivity index (χ2n) is 3.31. The normalized spacial score (nSPS) is 12.5. The van der Waals surface area contributed by atoms with Gasteiger partial charge in [0.05, 0.1) is 4.92 Å². The van der Waals surface area contributed by atoms with Crippen LogP contribution in [0.2, 0.25) is 0 Å². The van der Waals surface area contributed by atoms with Crippen LogP contribution < -0.4 is 5.73 Å². The van der Waals surface area contributed by atoms with Crippen molar-refractivity contribution in [2.24, 2.45) is 5.73 Å². The van der Waals surface area contributed by atoms with Crippen LogP contribution in [-0.4, -0.2) is 4.92 Å². The Bertz CT molecular complexity index is 350. The minimum absolute atomic E-state index is 0.106. The van der Waals surface area contributed by atoms with E-state index in [4.69, 9.17) is 5.73 Å². The topological polar surface area (TPSA) is 69.2 Å². The third-order valence-electron chi connectivity index (χ3n) is 2.31. The molecule has 1 aromatic rings. The SMILES string of the molecule is CC[C@H](N)c1cc([N+](=O)[O-])ccc1C. The van der Waals surface area contributed by atoms with Gasteiger partial charge in [0.15, 0.2) is 0 Å². The number of nitro groups is 1. The Morgan fingerprint density at radius 1 is 1.57 bits per heavy atom. The maximum Gasteiger partial charge on any atom is 0.269 e. The summed E-state index contributed by atoms with van der Waals surface area (Å²) in [5.74, 6) is 0. The van der Waals surface area contributed by atoms with E-state index in [2.05, 4.69) is 0 Å². The first kappa shape index (κ1) is 10.7. The zero-order valence-electron chi connectivity index (χ0n) is 8.36. The van der Waals surface area contributed by atoms with Crippen LogP contribution in [-0.2, 0) is 0 Å². The van der Waals surface area contributed by atoms with E-state index in [0.717, 1.165) is 17.5 Å². The van der Waals surface area contributed by atoms with E-state index in [-0.39, 0.29) is 11.7 Å². The first-order chi connectivity index (χ1) is 6.56. The monoisotopic (exact) mass is 194 g/mol. The highest BCUT2D eigenvalue weighted by atomic mass is 16.6. The second kappa shape index (κ2) is 4.19. The summed E-state index contributed by atoms with van der Waals surface area (Å²) in [6.45, 7) is 3.87. The summed E-state index contributed by atoms with van der Waals surface area (Å²) in [4.78, 5) is 10.1. The number of aryl methyl sites for hydroxylation is 1. The third kappa shape index (κ3) is 2.09. The minimum Gasteiger partial charge on any atom is -0.324 e. The van der Waals surface area contributed by atoms with E-state index in [1.165, 1.54) is 6.07 Å². The molecule has 0 radical (unpaired) electrons. The maximum absolute atomic E-state index is 10.5. The number of non-ortho nitro benzene ring substituents is 1. The van der Waals surface area contributed by atoms with Crippen molar-refractivity contribution in [1.82, 2.24) is 0 Å². The smallest absolute Gasteiger partial charge is 0.269 e. The quantitative estimate of drug-likeness (QED) is 0.593. The van der Waals surface area contributed by atoms with Gasteiger partial charge >= 0.3 is 0 Å². The molecular formula is C10H14N2O2. The molecule has 0 aliphatic rings. The van der Waals surface area contributed by atoms with Crippen molar-refractivity contribution in [1.29, 1.82) is 0 Å². The summed E-state index contributed by atoms with van der Waals surface area (Å²) in [6.07, 6.45) is 0.780. The average Bonchev–Trinajstić information content (AvgIpc) is 2.17. The van der Waals surface area contributed by atoms with Gasteiger partial charge in [-0.25, -0.2) is 0 Å². The van der Waals surface area contributed by atoms with E-state index in [1.807, 2.05) is 13.8 Å². The Kier molecular flexibility index (Phi) is 3.19. The van der Waals surface area contributed by atoms with Crippen molar-refractivity contribution in [3.63, 3.8) is 0 Å². The van der Waals surface area contributed by atoms with Gasteiger partial charge in [-0.3, -0.25) is 10.1 Å². The van der Waals surface area contributed by atoms with Gasteiger partial charge in [0.2, 0.25) is 0 Å². The molecule has 0 amide bonds. The molecule has 0 bridgehead atoms. The van der Waals surface area contributed by atoms with Gasteiger partial charge in [0.25, 0.3) is 5.69 Å². The fourth-order valence-corrected chi connectivity index (χ4v) is 1.36. The molecule has 1 atom stereocenters. The first-order valence-corrected chi connectivity index (χ1v) is 4.56. The molecule has 0 aromatic heterocycles. The van der Waals surface area contributed by atoms with E-state index in [9.17, 15) is 10.1 Å². The van der Waals surface area contributed by atoms with Crippen LogP contribution in [0.3, 0.4) is 0 Å². The lowest BCUT2D eigenvalue weighted by molar-refractivity contribution is -0.384. The lowest BCUT2D eigenvalue weighted by Crippen LogP contribution is -2.10. The average molecular weight is 194 g/mol. The highest BCUT2D eigenvalue weighted by Crippen LogP contribution is 2.23. The van der Waals surface area contributed by atoms with Crippen molar-refractivity contribution >= 4 is 5.69 Å². The molecule has 0 aliphatic carbocycles. The predicted octanol–water partition coefficient (Wildman–Crippen LogP) is 2.31. The molecule has 0 unspecified atom stereocenters. The van der Waals surface area contributed by atoms with Gasteiger partial charge in [0.1, 0.15) is 0 Å². The highest BCUT2D eigenvalue weighted by molar-refractivity contribution is 5.40. The molecule has 0 spiro atoms. The predicted molar refractivity (Wildman–Crippen MR) is 55.1 cm³/mol. The summed E-state index contributed by atoms with van der Waals surface area (Å²) in [7, 11) is 0. The lowest BCUT2D eigenvalue weighted by atomic mass is 9.99. The summed E-state index contributed by atoms with van der Waals surface area (Å²) < 4.78 is 0. The van der Waals surface area contributed by atoms with E-state index >= 15 is 0 Å². The Labute approximate surface area is 82.9 Å². The van der Waals surface area contributed by atoms with Crippen LogP contribution in [0.15, 0.2) is 18.2 Å². The Balaban J connectivity index is 3.14. The van der Waals surface area contributed by atoms with Crippen molar-refractivity contribution in [2.75, 3.05) is 0 Å². The van der Waals surface area contributed by atoms with E-state index in [0.29, 0.717) is 0 Å². The number of hydrogen-bond donors (Lipinski definition) is 1. The van der Waals surface area contributed by atoms with Crippen molar-refractivity contribution < 1.29 is 4.92 Å². The van der Waals surface area contributed by atoms with E-state index < -0.39 is 4.92 Å². The van der Waals surface area contributed by atoms with Gasteiger partial charge in [-0.2, -0.15) is 0 Å². The van der Waals surface area contributed by atoms with Gasteiger partial charge in [-0.05, 0) is 24.5 Å². The molecule has 76 valence electrons. The molecular weight excluding hydrogens is 180 g/mol. The first-order valence-electron chi connectivity index (χ1n) is 4.56. The number of rotatable bonds is 3. The van der Waals surface area contributed by atoms with Gasteiger partial charge < -0.3 is 5.73 Å². The fourth-order valence-electron chi connectivity index (χ4n) is 1.36. The van der Waals surface area contributed by atoms with Crippen LogP contribution >= 0.6 is 0 Å². The Hall–Kier alpha value is -1.42. The molecule has 4 heteroatoms. The molecule has 0 saturated carbocycles. The molecule has 0 heterocycles. The standard InChI is InChI=1S/C10H14N2O2/c1-3-10(11)9-6-8(12(13)14)5-4-7(9)2/h4-6,10H,3,11H2,1-2H3/t10-/m0/s1. The van der Waals surface area contributed by atoms with E-state index in [1.54, 1.807) is 12.1 Å². The molecule has 4 nitrogen and oxygen atoms in total. The molecule has 14 heavy (non-hydrogen) atoms. The van der Waals surface area contributed by atoms with Gasteiger partial charge in [-0.15, -0.1) is 0 Å². The molecule has 0 aliphatic heterocycles. The fraction of sp³-hybridized carbons (Fsp3) is 0.400. The molecule has 1 aromatic carbocycles. The van der Waals surface area contributed by atoms with Crippen molar-refractivity contribution in [2.45, 2.75) is 26.3 Å². The molecule has 0 saturated heterocycles. The number of nitrogens with zero attached hydrogens (tertiary/aromatic N) is 1. The molecule has 0 fully saturated rings. The Morgan fingerprint density at radius 3 is 2.71 bits per heavy atom. The largest absolute Gasteiger partial charge is 0.324 e. The zero-order chi connectivity index (χ0) is 10.7. The summed E-state index contributed by atoms with van der Waals surface area (Å²) in [5.41, 5.74) is 7.81. The van der Waals surface area contributed by atoms with Crippen LogP contribution in [0.25, 0.3) is 0 Å². The number of hydrogen-bond acceptors (Lipinski definition) is 3. The molecule has 1 rings (SSSR count). The van der Waals surface area contributed by atoms with Gasteiger partial charge in [0, 0.05) is 18.2 Å². The highest BCUT2D eigenvalue weighted by Gasteiger charge is 2.12. The maximum atomic E-state index is 10.5. The molecule has 2 N–H and O–H groups in total. The van der Waals surface area contributed by atoms with Crippen LogP contribution in [0.4, 0.5) is 5.69 Å². The van der Waals surface area contributed by atoms with Crippen LogP contribution in [0.5, 0.6) is 0 Å². The number of nitrogens with two attached hydrogens (primary N) is 1. The summed E-state index contributed by atoms with van der Waals surface area (Å²) >= 11 is 0. The zero-order valence-corrected chi connectivity index (χ0v) is 8.36. The Morgan fingerprint density at radius 2 is 2.21 bits per heavy atom. The third-order valence-corrected chi connectivity index (χ3v) is 2.31. The number of benzene rings is 1. The second-order valence-corrected chi connectivity index (χ2v) is 3.31. The summed E-state index contributed by atoms with van der Waals surface area (Å²) in [6, 6.07) is 4.68. The number of nitro benzene ring substituents is 1. The van der Waals surface area contributed by atoms with Crippen molar-refractivity contribution in [3.05, 3.63) is 39.4 Å². The van der Waals surface area contributed by atoms with Crippen LogP contribution in [0, 0.1) is 17.0 Å². The van der Waals surface area contributed by atoms with Crippen LogP contribution in [0.1, 0.15) is 30.5 Å². The van der Waals surface area contributed by atoms with Crippen molar-refractivity contribution in [3.8, 4) is 0 Å². The lowest BCUT2D eigenvalue weighted by Gasteiger charge is -2.11. The summed E-state index contributed by atoms with van der Waals surface area (Å²) in [5, 5.41) is 10.5. The van der Waals surface area contributed by atoms with Gasteiger partial charge in [-0.1, -0.05) is 13.0 Å².